The SMILES string of the molecule is CC(C)(C)C1CCc2c(sc3nc(-c4cc(Br)ccc4OCc4ccccc4)[nH]c(=O)c23)C1. The molecule has 0 fully saturated rings. The predicted molar refractivity (Wildman–Crippen MR) is 139 cm³/mol. The number of nitrogens with one attached hydrogen (secondary N) is 1. The van der Waals surface area contributed by atoms with Gasteiger partial charge in [-0.05, 0) is 59.9 Å². The molecule has 2 aromatic heterocycles. The van der Waals surface area contributed by atoms with E-state index in [1.165, 1.54) is 10.4 Å². The van der Waals surface area contributed by atoms with Crippen molar-refractivity contribution < 1.29 is 4.74 Å². The number of ether oxygens (including phenoxy) is 1. The Hall–Kier alpha value is -2.44. The minimum absolute atomic E-state index is 0.0595. The number of aryl methyl sites for hydroxylation is 1. The Kier molecular flexibility index (Phi) is 5.91. The van der Waals surface area contributed by atoms with Crippen LogP contribution in [-0.2, 0) is 19.4 Å². The second-order valence-corrected chi connectivity index (χ2v) is 11.8. The van der Waals surface area contributed by atoms with Crippen molar-refractivity contribution in [3.63, 3.8) is 0 Å². The van der Waals surface area contributed by atoms with Crippen LogP contribution in [0.15, 0.2) is 57.8 Å². The van der Waals surface area contributed by atoms with Crippen molar-refractivity contribution in [2.45, 2.75) is 46.6 Å². The number of nitrogens with zero attached hydrogens (tertiary/aromatic N) is 1. The number of aromatic amines is 1. The highest BCUT2D eigenvalue weighted by atomic mass is 79.9. The van der Waals surface area contributed by atoms with Crippen LogP contribution in [0, 0.1) is 11.3 Å². The van der Waals surface area contributed by atoms with Crippen LogP contribution in [0.25, 0.3) is 21.6 Å². The van der Waals surface area contributed by atoms with Gasteiger partial charge < -0.3 is 9.72 Å². The van der Waals surface area contributed by atoms with Crippen LogP contribution in [0.2, 0.25) is 0 Å². The van der Waals surface area contributed by atoms with Crippen LogP contribution in [0.1, 0.15) is 43.2 Å². The standard InChI is InChI=1S/C27H27BrN2O2S/c1-27(2,3)17-9-11-19-22(13-17)33-26-23(19)25(31)29-24(30-26)20-14-18(28)10-12-21(20)32-15-16-7-5-4-6-8-16/h4-8,10,12,14,17H,9,11,13,15H2,1-3H3,(H,29,30,31). The van der Waals surface area contributed by atoms with Gasteiger partial charge in [0.1, 0.15) is 23.0 Å². The minimum atomic E-state index is -0.0595. The molecular formula is C27H27BrN2O2S. The Morgan fingerprint density at radius 2 is 1.97 bits per heavy atom. The number of halogens is 1. The van der Waals surface area contributed by atoms with E-state index in [0.29, 0.717) is 24.1 Å². The van der Waals surface area contributed by atoms with E-state index in [-0.39, 0.29) is 11.0 Å². The summed E-state index contributed by atoms with van der Waals surface area (Å²) in [7, 11) is 0. The molecule has 0 spiro atoms. The van der Waals surface area contributed by atoms with E-state index >= 15 is 0 Å². The fraction of sp³-hybridized carbons (Fsp3) is 0.333. The number of hydrogen-bond acceptors (Lipinski definition) is 4. The van der Waals surface area contributed by atoms with Gasteiger partial charge in [-0.2, -0.15) is 0 Å². The second-order valence-electron chi connectivity index (χ2n) is 9.82. The van der Waals surface area contributed by atoms with Gasteiger partial charge in [-0.1, -0.05) is 67.0 Å². The summed E-state index contributed by atoms with van der Waals surface area (Å²) >= 11 is 5.24. The van der Waals surface area contributed by atoms with Gasteiger partial charge in [-0.3, -0.25) is 4.79 Å². The number of H-pyrrole nitrogens is 1. The second kappa shape index (κ2) is 8.73. The number of hydrogen-bond donors (Lipinski definition) is 1. The smallest absolute Gasteiger partial charge is 0.260 e. The molecule has 4 aromatic rings. The lowest BCUT2D eigenvalue weighted by molar-refractivity contribution is 0.218. The van der Waals surface area contributed by atoms with Crippen molar-refractivity contribution >= 4 is 37.5 Å². The molecule has 5 rings (SSSR count). The molecular weight excluding hydrogens is 496 g/mol. The molecule has 1 N–H and O–H groups in total. The zero-order chi connectivity index (χ0) is 23.2. The van der Waals surface area contributed by atoms with Gasteiger partial charge in [0, 0.05) is 9.35 Å². The van der Waals surface area contributed by atoms with Gasteiger partial charge in [-0.15, -0.1) is 11.3 Å². The first-order valence-electron chi connectivity index (χ1n) is 11.3. The van der Waals surface area contributed by atoms with Crippen LogP contribution in [0.4, 0.5) is 0 Å². The average Bonchev–Trinajstić information content (AvgIpc) is 3.16. The largest absolute Gasteiger partial charge is 0.488 e. The maximum atomic E-state index is 13.2. The van der Waals surface area contributed by atoms with Gasteiger partial charge in [0.15, 0.2) is 0 Å². The highest BCUT2D eigenvalue weighted by Crippen LogP contribution is 2.42. The average molecular weight is 523 g/mol. The molecule has 1 aliphatic rings. The van der Waals surface area contributed by atoms with E-state index in [2.05, 4.69) is 41.7 Å². The molecule has 4 nitrogen and oxygen atoms in total. The van der Waals surface area contributed by atoms with Gasteiger partial charge >= 0.3 is 0 Å². The highest BCUT2D eigenvalue weighted by molar-refractivity contribution is 9.10. The summed E-state index contributed by atoms with van der Waals surface area (Å²) in [6.07, 6.45) is 3.09. The summed E-state index contributed by atoms with van der Waals surface area (Å²) in [6, 6.07) is 15.9. The maximum absolute atomic E-state index is 13.2. The molecule has 2 aromatic carbocycles. The molecule has 1 unspecified atom stereocenters. The topological polar surface area (TPSA) is 55.0 Å². The van der Waals surface area contributed by atoms with Crippen LogP contribution in [0.3, 0.4) is 0 Å². The van der Waals surface area contributed by atoms with E-state index in [1.807, 2.05) is 48.5 Å². The van der Waals surface area contributed by atoms with Crippen LogP contribution in [0.5, 0.6) is 5.75 Å². The van der Waals surface area contributed by atoms with Crippen molar-refractivity contribution in [2.75, 3.05) is 0 Å². The summed E-state index contributed by atoms with van der Waals surface area (Å²) < 4.78 is 7.05. The van der Waals surface area contributed by atoms with E-state index in [1.54, 1.807) is 11.3 Å². The van der Waals surface area contributed by atoms with Crippen molar-refractivity contribution in [1.82, 2.24) is 9.97 Å². The monoisotopic (exact) mass is 522 g/mol. The predicted octanol–water partition coefficient (Wildman–Crippen LogP) is 7.14. The Labute approximate surface area is 206 Å². The number of rotatable bonds is 4. The first kappa shape index (κ1) is 22.4. The molecule has 0 aliphatic heterocycles. The highest BCUT2D eigenvalue weighted by Gasteiger charge is 2.31. The molecule has 0 radical (unpaired) electrons. The summed E-state index contributed by atoms with van der Waals surface area (Å²) in [5, 5.41) is 0.771. The zero-order valence-corrected chi connectivity index (χ0v) is 21.5. The third kappa shape index (κ3) is 4.51. The summed E-state index contributed by atoms with van der Waals surface area (Å²) in [5.74, 6) is 1.86. The number of thiophene rings is 1. The molecule has 0 saturated heterocycles. The maximum Gasteiger partial charge on any atom is 0.260 e. The molecule has 1 aliphatic carbocycles. The van der Waals surface area contributed by atoms with Crippen molar-refractivity contribution in [2.24, 2.45) is 11.3 Å². The summed E-state index contributed by atoms with van der Waals surface area (Å²) in [4.78, 5) is 23.3. The van der Waals surface area contributed by atoms with Crippen LogP contribution >= 0.6 is 27.3 Å². The van der Waals surface area contributed by atoms with Crippen molar-refractivity contribution in [1.29, 1.82) is 0 Å². The lowest BCUT2D eigenvalue weighted by atomic mass is 9.72. The lowest BCUT2D eigenvalue weighted by Gasteiger charge is -2.33. The zero-order valence-electron chi connectivity index (χ0n) is 19.1. The van der Waals surface area contributed by atoms with Gasteiger partial charge in [-0.25, -0.2) is 4.98 Å². The van der Waals surface area contributed by atoms with E-state index < -0.39 is 0 Å². The van der Waals surface area contributed by atoms with Crippen LogP contribution in [-0.4, -0.2) is 9.97 Å². The quantitative estimate of drug-likeness (QED) is 0.309. The molecule has 1 atom stereocenters. The Morgan fingerprint density at radius 3 is 2.73 bits per heavy atom. The van der Waals surface area contributed by atoms with Gasteiger partial charge in [0.2, 0.25) is 0 Å². The third-order valence-corrected chi connectivity index (χ3v) is 8.22. The first-order chi connectivity index (χ1) is 15.8. The lowest BCUT2D eigenvalue weighted by Crippen LogP contribution is -2.26. The van der Waals surface area contributed by atoms with Crippen molar-refractivity contribution in [3.8, 4) is 17.1 Å². The number of benzene rings is 2. The summed E-state index contributed by atoms with van der Waals surface area (Å²) in [5.41, 5.74) is 3.27. The van der Waals surface area contributed by atoms with Crippen LogP contribution < -0.4 is 10.3 Å². The Morgan fingerprint density at radius 1 is 1.18 bits per heavy atom. The first-order valence-corrected chi connectivity index (χ1v) is 12.9. The van der Waals surface area contributed by atoms with Gasteiger partial charge in [0.25, 0.3) is 5.56 Å². The normalized spacial score (nSPS) is 16.1. The Balaban J connectivity index is 1.53. The molecule has 6 heteroatoms. The van der Waals surface area contributed by atoms with Crippen molar-refractivity contribution in [3.05, 3.63) is 79.4 Å². The molecule has 170 valence electrons. The third-order valence-electron chi connectivity index (χ3n) is 6.58. The molecule has 0 saturated carbocycles. The van der Waals surface area contributed by atoms with E-state index in [0.717, 1.165) is 45.1 Å². The summed E-state index contributed by atoms with van der Waals surface area (Å²) in [6.45, 7) is 7.37. The van der Waals surface area contributed by atoms with E-state index in [4.69, 9.17) is 9.72 Å². The Bertz CT molecular complexity index is 1370. The fourth-order valence-electron chi connectivity index (χ4n) is 4.60. The minimum Gasteiger partial charge on any atom is -0.488 e. The number of fused-ring (bicyclic) bond motifs is 3. The number of aromatic nitrogens is 2. The molecule has 0 bridgehead atoms. The van der Waals surface area contributed by atoms with Gasteiger partial charge in [0.05, 0.1) is 10.9 Å². The fourth-order valence-corrected chi connectivity index (χ4v) is 6.26. The van der Waals surface area contributed by atoms with E-state index in [9.17, 15) is 4.79 Å². The molecule has 33 heavy (non-hydrogen) atoms. The molecule has 2 heterocycles. The molecule has 0 amide bonds.